The minimum absolute atomic E-state index is 0.00533. The number of aliphatic hydroxyl groups is 1. The van der Waals surface area contributed by atoms with Gasteiger partial charge in [-0.05, 0) is 32.1 Å². The molecule has 0 aromatic rings. The highest BCUT2D eigenvalue weighted by atomic mass is 16.7. The summed E-state index contributed by atoms with van der Waals surface area (Å²) >= 11 is 0. The molecule has 0 radical (unpaired) electrons. The van der Waals surface area contributed by atoms with Gasteiger partial charge in [0.05, 0.1) is 37.1 Å². The molecule has 31 heavy (non-hydrogen) atoms. The highest BCUT2D eigenvalue weighted by Gasteiger charge is 2.39. The van der Waals surface area contributed by atoms with Crippen LogP contribution in [0.1, 0.15) is 116 Å². The fourth-order valence-electron chi connectivity index (χ4n) is 5.10. The van der Waals surface area contributed by atoms with E-state index in [1.54, 1.807) is 7.11 Å². The van der Waals surface area contributed by atoms with E-state index in [4.69, 9.17) is 18.9 Å². The van der Waals surface area contributed by atoms with Gasteiger partial charge in [-0.25, -0.2) is 0 Å². The average molecular weight is 443 g/mol. The molecule has 1 N–H and O–H groups in total. The van der Waals surface area contributed by atoms with Gasteiger partial charge >= 0.3 is 0 Å². The molecule has 0 spiro atoms. The summed E-state index contributed by atoms with van der Waals surface area (Å²) in [6.45, 7) is 2.73. The fraction of sp³-hybridized carbons (Fsp3) is 1.00. The van der Waals surface area contributed by atoms with Gasteiger partial charge in [-0.1, -0.05) is 84.0 Å². The quantitative estimate of drug-likeness (QED) is 0.192. The Hall–Kier alpha value is -0.200. The van der Waals surface area contributed by atoms with Gasteiger partial charge in [0.15, 0.2) is 0 Å². The molecule has 2 saturated heterocycles. The Morgan fingerprint density at radius 1 is 0.774 bits per heavy atom. The van der Waals surface area contributed by atoms with Crippen molar-refractivity contribution in [2.24, 2.45) is 0 Å². The van der Waals surface area contributed by atoms with Crippen LogP contribution >= 0.6 is 0 Å². The summed E-state index contributed by atoms with van der Waals surface area (Å²) in [5.41, 5.74) is 0. The number of hydrogen-bond donors (Lipinski definition) is 1. The Kier molecular flexibility index (Phi) is 15.1. The minimum atomic E-state index is -0.00533. The first-order valence-corrected chi connectivity index (χ1v) is 13.3. The normalized spacial score (nSPS) is 27.2. The van der Waals surface area contributed by atoms with Gasteiger partial charge in [-0.15, -0.1) is 0 Å². The Morgan fingerprint density at radius 2 is 1.35 bits per heavy atom. The lowest BCUT2D eigenvalue weighted by Gasteiger charge is -2.26. The summed E-state index contributed by atoms with van der Waals surface area (Å²) < 4.78 is 23.5. The Bertz CT molecular complexity index is 419. The third kappa shape index (κ3) is 11.0. The van der Waals surface area contributed by atoms with E-state index in [1.807, 2.05) is 0 Å². The Balaban J connectivity index is 1.54. The first-order valence-electron chi connectivity index (χ1n) is 13.3. The van der Waals surface area contributed by atoms with Crippen LogP contribution in [-0.4, -0.2) is 56.1 Å². The molecule has 0 unspecified atom stereocenters. The van der Waals surface area contributed by atoms with E-state index in [0.717, 1.165) is 32.1 Å². The zero-order chi connectivity index (χ0) is 22.2. The van der Waals surface area contributed by atoms with Crippen LogP contribution in [0.4, 0.5) is 0 Å². The van der Waals surface area contributed by atoms with Crippen LogP contribution in [0.2, 0.25) is 0 Å². The van der Waals surface area contributed by atoms with Crippen LogP contribution in [0.15, 0.2) is 0 Å². The van der Waals surface area contributed by atoms with Crippen LogP contribution in [0.3, 0.4) is 0 Å². The maximum absolute atomic E-state index is 9.31. The molecule has 0 aromatic heterocycles. The molecule has 5 atom stereocenters. The van der Waals surface area contributed by atoms with Crippen LogP contribution in [0.25, 0.3) is 0 Å². The van der Waals surface area contributed by atoms with Crippen molar-refractivity contribution in [2.45, 2.75) is 147 Å². The summed E-state index contributed by atoms with van der Waals surface area (Å²) in [6, 6.07) is 0. The van der Waals surface area contributed by atoms with Crippen molar-refractivity contribution in [3.63, 3.8) is 0 Å². The van der Waals surface area contributed by atoms with E-state index in [-0.39, 0.29) is 37.1 Å². The van der Waals surface area contributed by atoms with Crippen LogP contribution in [0, 0.1) is 0 Å². The molecule has 2 rings (SSSR count). The molecule has 5 nitrogen and oxygen atoms in total. The van der Waals surface area contributed by atoms with Crippen LogP contribution in [-0.2, 0) is 18.9 Å². The zero-order valence-corrected chi connectivity index (χ0v) is 20.4. The van der Waals surface area contributed by atoms with E-state index in [2.05, 4.69) is 6.92 Å². The van der Waals surface area contributed by atoms with Crippen molar-refractivity contribution in [1.82, 2.24) is 0 Å². The minimum Gasteiger partial charge on any atom is -0.394 e. The van der Waals surface area contributed by atoms with E-state index in [9.17, 15) is 5.11 Å². The largest absolute Gasteiger partial charge is 0.394 e. The predicted octanol–water partition coefficient (Wildman–Crippen LogP) is 6.15. The predicted molar refractivity (Wildman–Crippen MR) is 125 cm³/mol. The molecule has 0 bridgehead atoms. The molecular formula is C26H50O5. The van der Waals surface area contributed by atoms with E-state index in [0.29, 0.717) is 6.79 Å². The molecule has 2 fully saturated rings. The van der Waals surface area contributed by atoms with Gasteiger partial charge in [-0.2, -0.15) is 0 Å². The van der Waals surface area contributed by atoms with Gasteiger partial charge in [0.25, 0.3) is 0 Å². The van der Waals surface area contributed by atoms with Gasteiger partial charge in [0.1, 0.15) is 6.79 Å². The van der Waals surface area contributed by atoms with Crippen molar-refractivity contribution in [1.29, 1.82) is 0 Å². The van der Waals surface area contributed by atoms with E-state index in [1.165, 1.54) is 77.0 Å². The third-order valence-electron chi connectivity index (χ3n) is 7.00. The molecule has 0 amide bonds. The lowest BCUT2D eigenvalue weighted by atomic mass is 10.0. The Morgan fingerprint density at radius 3 is 1.94 bits per heavy atom. The van der Waals surface area contributed by atoms with Crippen LogP contribution < -0.4 is 0 Å². The topological polar surface area (TPSA) is 57.2 Å². The molecule has 0 aliphatic carbocycles. The molecule has 0 aromatic carbocycles. The van der Waals surface area contributed by atoms with Gasteiger partial charge in [-0.3, -0.25) is 0 Å². The molecule has 2 heterocycles. The number of methoxy groups -OCH3 is 1. The second-order valence-corrected chi connectivity index (χ2v) is 9.64. The summed E-state index contributed by atoms with van der Waals surface area (Å²) in [4.78, 5) is 0. The monoisotopic (exact) mass is 442 g/mol. The second-order valence-electron chi connectivity index (χ2n) is 9.64. The van der Waals surface area contributed by atoms with Gasteiger partial charge in [0, 0.05) is 7.11 Å². The van der Waals surface area contributed by atoms with Gasteiger partial charge < -0.3 is 24.1 Å². The Labute approximate surface area is 191 Å². The maximum atomic E-state index is 9.31. The standard InChI is InChI=1S/C26H50O5/c1-3-4-5-6-7-8-9-10-11-12-13-14-15-23(29-21-28-2)24-18-19-26(31-24)25-17-16-22(20-27)30-25/h22-27H,3-21H2,1-2H3/t22-,23-,24-,25-,26-/m1/s1. The van der Waals surface area contributed by atoms with Crippen molar-refractivity contribution >= 4 is 0 Å². The number of rotatable bonds is 19. The molecule has 5 heteroatoms. The summed E-state index contributed by atoms with van der Waals surface area (Å²) in [7, 11) is 1.68. The zero-order valence-electron chi connectivity index (χ0n) is 20.4. The third-order valence-corrected chi connectivity index (χ3v) is 7.00. The first kappa shape index (κ1) is 27.0. The molecule has 2 aliphatic rings. The fourth-order valence-corrected chi connectivity index (χ4v) is 5.10. The van der Waals surface area contributed by atoms with Gasteiger partial charge in [0.2, 0.25) is 0 Å². The molecule has 2 aliphatic heterocycles. The van der Waals surface area contributed by atoms with Crippen molar-refractivity contribution < 1.29 is 24.1 Å². The van der Waals surface area contributed by atoms with E-state index < -0.39 is 0 Å². The number of aliphatic hydroxyl groups excluding tert-OH is 1. The van der Waals surface area contributed by atoms with Crippen molar-refractivity contribution in [3.05, 3.63) is 0 Å². The molecule has 0 saturated carbocycles. The van der Waals surface area contributed by atoms with Crippen LogP contribution in [0.5, 0.6) is 0 Å². The molecular weight excluding hydrogens is 392 g/mol. The highest BCUT2D eigenvalue weighted by molar-refractivity contribution is 4.88. The highest BCUT2D eigenvalue weighted by Crippen LogP contribution is 2.33. The van der Waals surface area contributed by atoms with E-state index >= 15 is 0 Å². The average Bonchev–Trinajstić information content (AvgIpc) is 3.46. The van der Waals surface area contributed by atoms with Crippen molar-refractivity contribution in [2.75, 3.05) is 20.5 Å². The first-order chi connectivity index (χ1) is 15.3. The maximum Gasteiger partial charge on any atom is 0.146 e. The van der Waals surface area contributed by atoms with Crippen molar-refractivity contribution in [3.8, 4) is 0 Å². The number of ether oxygens (including phenoxy) is 4. The summed E-state index contributed by atoms with van der Waals surface area (Å²) in [6.07, 6.45) is 22.0. The summed E-state index contributed by atoms with van der Waals surface area (Å²) in [5, 5.41) is 9.31. The lowest BCUT2D eigenvalue weighted by molar-refractivity contribution is -0.143. The number of hydrogen-bond acceptors (Lipinski definition) is 5. The number of unbranched alkanes of at least 4 members (excludes halogenated alkanes) is 11. The summed E-state index contributed by atoms with van der Waals surface area (Å²) in [5.74, 6) is 0. The molecule has 184 valence electrons. The lowest BCUT2D eigenvalue weighted by Crippen LogP contribution is -2.33. The second kappa shape index (κ2) is 17.3. The SMILES string of the molecule is CCCCCCCCCCCCCC[C@@H](OCOC)[C@H]1CC[C@H]([C@H]2CC[C@H](CO)O2)O1. The smallest absolute Gasteiger partial charge is 0.146 e.